The third-order valence-corrected chi connectivity index (χ3v) is 42.9. The molecule has 0 aromatic heterocycles. The molecule has 7 aliphatic rings. The smallest absolute Gasteiger partial charge is 0.407 e. The van der Waals surface area contributed by atoms with E-state index in [2.05, 4.69) is 162 Å². The number of alkyl carbamates (subject to hydrolysis) is 2. The summed E-state index contributed by atoms with van der Waals surface area (Å²) in [5.41, 5.74) is 24.8. The molecule has 2 saturated heterocycles. The van der Waals surface area contributed by atoms with Crippen molar-refractivity contribution in [1.82, 2.24) is 35.6 Å². The number of methoxy groups -OCH3 is 8. The van der Waals surface area contributed by atoms with Gasteiger partial charge in [-0.2, -0.15) is 0 Å². The molecule has 8 aromatic rings. The maximum atomic E-state index is 13.9. The number of benzene rings is 8. The number of phenolic OH excluding ortho intramolecular Hbond substituents is 4. The molecule has 0 spiro atoms. The molecule has 9 N–H and O–H groups in total. The minimum atomic E-state index is -2.00. The topological polar surface area (TPSA) is 354 Å². The van der Waals surface area contributed by atoms with Gasteiger partial charge < -0.3 is 113 Å². The molecule has 8 aromatic carbocycles. The van der Waals surface area contributed by atoms with E-state index in [4.69, 9.17) is 97.7 Å². The summed E-state index contributed by atoms with van der Waals surface area (Å²) in [4.78, 5) is 60.4. The number of amides is 2. The third kappa shape index (κ3) is 23.2. The van der Waals surface area contributed by atoms with Gasteiger partial charge in [0.15, 0.2) is 62.6 Å². The van der Waals surface area contributed by atoms with E-state index >= 15 is 0 Å². The zero-order chi connectivity index (χ0) is 108. The number of ether oxygens (including phenoxy) is 12. The first-order valence-electron chi connectivity index (χ1n) is 51.4. The summed E-state index contributed by atoms with van der Waals surface area (Å²) in [5.74, 6) is 2.66. The lowest BCUT2D eigenvalue weighted by Crippen LogP contribution is -2.61. The van der Waals surface area contributed by atoms with Gasteiger partial charge in [-0.1, -0.05) is 152 Å². The second-order valence-electron chi connectivity index (χ2n) is 40.9. The van der Waals surface area contributed by atoms with E-state index in [0.29, 0.717) is 185 Å². The van der Waals surface area contributed by atoms with Crippen molar-refractivity contribution in [2.24, 2.45) is 5.73 Å². The molecular weight excluding hydrogens is 1930 g/mol. The molecule has 35 heteroatoms. The van der Waals surface area contributed by atoms with E-state index in [1.54, 1.807) is 41.4 Å². The number of morpholine rings is 2. The molecule has 149 heavy (non-hydrogen) atoms. The van der Waals surface area contributed by atoms with Crippen molar-refractivity contribution in [3.8, 4) is 91.2 Å². The quantitative estimate of drug-likeness (QED) is 0.0101. The summed E-state index contributed by atoms with van der Waals surface area (Å²) in [6, 6.07) is 29.4. The van der Waals surface area contributed by atoms with Crippen molar-refractivity contribution in [2.45, 2.75) is 236 Å². The average Bonchev–Trinajstić information content (AvgIpc) is 1.66. The summed E-state index contributed by atoms with van der Waals surface area (Å²) in [6.07, 6.45) is 0.174. The average molecular weight is 2080 g/mol. The Balaban J connectivity index is 0.000000214. The first-order valence-corrected chi connectivity index (χ1v) is 56.5. The van der Waals surface area contributed by atoms with Crippen LogP contribution in [-0.4, -0.2) is 273 Å². The Morgan fingerprint density at radius 3 is 1.27 bits per heavy atom. The molecule has 5 heterocycles. The van der Waals surface area contributed by atoms with Crippen LogP contribution in [0.15, 0.2) is 103 Å². The Bertz CT molecular complexity index is 6150. The van der Waals surface area contributed by atoms with Crippen molar-refractivity contribution in [3.63, 3.8) is 0 Å². The van der Waals surface area contributed by atoms with Crippen molar-refractivity contribution < 1.29 is 101 Å². The zero-order valence-electron chi connectivity index (χ0n) is 90.2. The fraction of sp³-hybridized carbons (Fsp3) is 0.518. The molecule has 5 aliphatic heterocycles. The van der Waals surface area contributed by atoms with E-state index < -0.39 is 83.4 Å². The minimum absolute atomic E-state index is 0.0311. The second-order valence-corrected chi connectivity index (χ2v) is 50.8. The van der Waals surface area contributed by atoms with Gasteiger partial charge in [-0.15, -0.1) is 0 Å². The van der Waals surface area contributed by atoms with Crippen LogP contribution in [0.2, 0.25) is 35.3 Å². The first-order chi connectivity index (χ1) is 71.5. The molecule has 2 fully saturated rings. The summed E-state index contributed by atoms with van der Waals surface area (Å²) < 4.78 is 84.1. The van der Waals surface area contributed by atoms with E-state index in [1.165, 1.54) is 50.7 Å². The number of hydrogen-bond acceptors (Lipinski definition) is 27. The number of hydrogen-bond donors (Lipinski definition) is 8. The molecule has 800 valence electrons. The van der Waals surface area contributed by atoms with Crippen LogP contribution in [-0.2, 0) is 58.3 Å². The zero-order valence-corrected chi connectivity index (χ0v) is 92.2. The summed E-state index contributed by atoms with van der Waals surface area (Å²) in [6.45, 7) is 68.1. The van der Waals surface area contributed by atoms with Crippen LogP contribution in [0.3, 0.4) is 0 Å². The predicted octanol–water partition coefficient (Wildman–Crippen LogP) is 18.4. The van der Waals surface area contributed by atoms with Crippen molar-refractivity contribution in [3.05, 3.63) is 232 Å². The molecule has 0 bridgehead atoms. The van der Waals surface area contributed by atoms with E-state index in [0.717, 1.165) is 27.8 Å². The van der Waals surface area contributed by atoms with Gasteiger partial charge >= 0.3 is 12.2 Å². The van der Waals surface area contributed by atoms with Gasteiger partial charge in [0.2, 0.25) is 0 Å². The number of nitrogens with one attached hydrogen (secondary N) is 3. The fourth-order valence-electron chi connectivity index (χ4n) is 23.7. The molecular formula is C114H150N12O21Si2. The highest BCUT2D eigenvalue weighted by Gasteiger charge is 2.56. The number of carbonyl (C=O) groups excluding carboxylic acids is 3. The molecule has 6 unspecified atom stereocenters. The van der Waals surface area contributed by atoms with E-state index in [-0.39, 0.29) is 123 Å². The Hall–Kier alpha value is -12.4. The van der Waals surface area contributed by atoms with Crippen LogP contribution >= 0.6 is 0 Å². The summed E-state index contributed by atoms with van der Waals surface area (Å²) in [7, 11) is 8.30. The fourth-order valence-corrected chi connectivity index (χ4v) is 28.8. The Kier molecular flexibility index (Phi) is 38.5. The summed E-state index contributed by atoms with van der Waals surface area (Å²) in [5, 5.41) is 56.6. The number of aldehydes is 1. The van der Waals surface area contributed by atoms with Crippen LogP contribution in [0.5, 0.6) is 69.0 Å². The van der Waals surface area contributed by atoms with Crippen LogP contribution in [0.4, 0.5) is 9.59 Å². The lowest BCUT2D eigenvalue weighted by atomic mass is 9.77. The monoisotopic (exact) mass is 2080 g/mol. The number of rotatable bonds is 38. The number of nitrogens with two attached hydrogens (primary N) is 1. The van der Waals surface area contributed by atoms with E-state index in [1.807, 2.05) is 79.1 Å². The van der Waals surface area contributed by atoms with Crippen molar-refractivity contribution >= 4 is 35.1 Å². The molecule has 0 radical (unpaired) electrons. The Morgan fingerprint density at radius 2 is 0.872 bits per heavy atom. The summed E-state index contributed by atoms with van der Waals surface area (Å²) >= 11 is 0. The first kappa shape index (κ1) is 114. The van der Waals surface area contributed by atoms with Crippen LogP contribution < -0.4 is 59.6 Å². The Morgan fingerprint density at radius 1 is 0.503 bits per heavy atom. The highest BCUT2D eigenvalue weighted by atomic mass is 28.4. The number of aromatic hydroxyl groups is 4. The lowest BCUT2D eigenvalue weighted by molar-refractivity contribution is -0.107. The van der Waals surface area contributed by atoms with Crippen LogP contribution in [0.25, 0.3) is 41.6 Å². The van der Waals surface area contributed by atoms with Gasteiger partial charge in [-0.3, -0.25) is 19.4 Å². The maximum absolute atomic E-state index is 13.9. The highest BCUT2D eigenvalue weighted by molar-refractivity contribution is 6.75. The number of nitrogens with zero attached hydrogens (tertiary/aromatic N) is 8. The molecule has 2 aliphatic carbocycles. The standard InChI is InChI=1S/C57H74N6O10Si.C40H61N5O8Si.C17H15NO3/c1-32(2)74(13,33(3)4)73-24-22-36-29-62(23-25-71-36)56(59-8)46-27-42-48(51(65)55(70-12)35(6)53(42)68-10)49(63(46)31-58-7)44-26-41-47(50(64)54(69-11)34(5)52(41)67-9)45(61-44)28-60-57(66)72-30-43-39-20-16-14-18-37(39)38-19-15-17-21-40(38)43;1-23(2)54(13,24(3)4)53-16-14-28-21-44(15-17-52-28)40(43-8)31-20-29-33(35(47)39(51-12)26(6)37(29)49-10)34(45(31)22-42-7)30(41)18-27-19-32(46)38(50-11)25(5)36(27)48-9;19-10-9-18-17(20)21-11-16-14-7-3-1-5-12(14)13-6-2-4-8-15(13)16/h14-21,32-33,36,43-46,49,56,61,64-65H,22-31H2,1-6,9-13H3,(H,60,66);19,23-24,28,30-31,34,40,46-47H,14-18,20-22,41H2,1-6,9-13H3;1-8,10,16H,9,11H2,(H,18,20)/t36-,44?,45-,46?,49?,56-;28-,30?,31?,34?,40-;/m00./s1. The van der Waals surface area contributed by atoms with Crippen LogP contribution in [0.1, 0.15) is 182 Å². The van der Waals surface area contributed by atoms with Gasteiger partial charge in [-0.25, -0.2) is 55.5 Å². The SMILES string of the molecule is O=CCNC(=O)OCC1c2ccccc2-c2ccccc21.[C-]#[N+]CN1C(C(N)Cc2cc(O)c(OC)c(C)c2OC)c2c(O)c(OC)c(C)c(OC)c2CC1[C@@H]([N+]#[C-])N1CCO[C@@H](CCO[Si](C)(C(C)C)C(C)C)C1.[C-]#[N+]CN1C(C2Cc3c(OC)c(C)c(OC)c(O)c3[C@H](CNC(=O)OCC3c4ccccc4-c4ccccc43)N2)c2c(O)c(OC)c(C)c(OC)c2CC1[C@@H]([N+]#[C-])N1CCO[C@@H](CCO[Si](C)(C(C)C)C(C)C)C1. The molecule has 0 saturated carbocycles. The second kappa shape index (κ2) is 50.5. The molecule has 11 atom stereocenters. The largest absolute Gasteiger partial charge is 0.504 e. The third-order valence-electron chi connectivity index (χ3n) is 32.1. The normalized spacial score (nSPS) is 19.7. The van der Waals surface area contributed by atoms with Gasteiger partial charge in [0, 0.05) is 138 Å². The van der Waals surface area contributed by atoms with Gasteiger partial charge in [-0.05, 0) is 145 Å². The maximum Gasteiger partial charge on any atom is 0.407 e. The molecule has 33 nitrogen and oxygen atoms in total. The highest BCUT2D eigenvalue weighted by Crippen LogP contribution is 2.58. The van der Waals surface area contributed by atoms with Gasteiger partial charge in [0.1, 0.15) is 54.6 Å². The number of carbonyl (C=O) groups is 3. The molecule has 2 amide bonds. The minimum Gasteiger partial charge on any atom is -0.504 e. The van der Waals surface area contributed by atoms with Crippen molar-refractivity contribution in [2.75, 3.05) is 149 Å². The number of phenols is 4. The van der Waals surface area contributed by atoms with Crippen molar-refractivity contribution in [1.29, 1.82) is 0 Å². The lowest BCUT2D eigenvalue weighted by Gasteiger charge is -2.48. The number of fused-ring (bicyclic) bond motifs is 9. The van der Waals surface area contributed by atoms with E-state index in [9.17, 15) is 34.8 Å². The predicted molar refractivity (Wildman–Crippen MR) is 576 cm³/mol. The van der Waals surface area contributed by atoms with Gasteiger partial charge in [0.05, 0.1) is 107 Å². The van der Waals surface area contributed by atoms with Crippen LogP contribution in [0, 0.1) is 54.0 Å². The Labute approximate surface area is 880 Å². The molecule has 15 rings (SSSR count). The van der Waals surface area contributed by atoms with Gasteiger partial charge in [0.25, 0.3) is 25.7 Å².